The minimum atomic E-state index is -0.789. The van der Waals surface area contributed by atoms with Crippen molar-refractivity contribution in [1.29, 1.82) is 0 Å². The van der Waals surface area contributed by atoms with Crippen LogP contribution in [0.3, 0.4) is 0 Å². The molecule has 1 heterocycles. The number of para-hydroxylation sites is 1. The molecular formula is C25H36N2O5. The number of hydrogen-bond donors (Lipinski definition) is 2. The van der Waals surface area contributed by atoms with Crippen LogP contribution in [0.1, 0.15) is 77.0 Å². The van der Waals surface area contributed by atoms with E-state index in [2.05, 4.69) is 0 Å². The number of hydrogen-bond acceptors (Lipinski definition) is 4. The number of carbonyl (C=O) groups excluding carboxylic acids is 2. The van der Waals surface area contributed by atoms with Crippen molar-refractivity contribution in [2.45, 2.75) is 89.2 Å². The third-order valence-corrected chi connectivity index (χ3v) is 6.81. The van der Waals surface area contributed by atoms with Gasteiger partial charge in [0.1, 0.15) is 6.04 Å². The van der Waals surface area contributed by atoms with Gasteiger partial charge in [-0.05, 0) is 50.2 Å². The zero-order chi connectivity index (χ0) is 22.9. The minimum absolute atomic E-state index is 0.161. The van der Waals surface area contributed by atoms with Crippen LogP contribution in [0.25, 0.3) is 0 Å². The lowest BCUT2D eigenvalue weighted by molar-refractivity contribution is -0.137. The van der Waals surface area contributed by atoms with Gasteiger partial charge in [0, 0.05) is 13.0 Å². The van der Waals surface area contributed by atoms with Crippen LogP contribution in [0.4, 0.5) is 10.5 Å². The Labute approximate surface area is 190 Å². The number of imide groups is 1. The fourth-order valence-corrected chi connectivity index (χ4v) is 4.98. The second-order valence-corrected chi connectivity index (χ2v) is 9.10. The Morgan fingerprint density at radius 1 is 1.00 bits per heavy atom. The van der Waals surface area contributed by atoms with Gasteiger partial charge < -0.3 is 15.1 Å². The molecule has 1 aliphatic carbocycles. The molecule has 7 heteroatoms. The van der Waals surface area contributed by atoms with Gasteiger partial charge in [0.05, 0.1) is 11.8 Å². The number of rotatable bonds is 12. The number of carboxylic acid groups (broad SMARTS) is 1. The zero-order valence-corrected chi connectivity index (χ0v) is 18.8. The van der Waals surface area contributed by atoms with Crippen molar-refractivity contribution in [3.63, 3.8) is 0 Å². The van der Waals surface area contributed by atoms with Crippen molar-refractivity contribution in [1.82, 2.24) is 4.90 Å². The predicted molar refractivity (Wildman–Crippen MR) is 122 cm³/mol. The first-order valence-corrected chi connectivity index (χ1v) is 12.1. The highest BCUT2D eigenvalue weighted by atomic mass is 16.4. The molecule has 2 fully saturated rings. The van der Waals surface area contributed by atoms with Crippen LogP contribution in [-0.2, 0) is 9.59 Å². The first-order chi connectivity index (χ1) is 15.5. The summed E-state index contributed by atoms with van der Waals surface area (Å²) >= 11 is 0. The van der Waals surface area contributed by atoms with Crippen LogP contribution in [0.5, 0.6) is 0 Å². The second kappa shape index (κ2) is 12.0. The number of benzene rings is 1. The summed E-state index contributed by atoms with van der Waals surface area (Å²) in [6.45, 7) is 0.370. The van der Waals surface area contributed by atoms with E-state index in [1.807, 2.05) is 18.2 Å². The lowest BCUT2D eigenvalue weighted by Gasteiger charge is -2.29. The monoisotopic (exact) mass is 444 g/mol. The smallest absolute Gasteiger partial charge is 0.332 e. The lowest BCUT2D eigenvalue weighted by Crippen LogP contribution is -2.38. The number of carboxylic acids is 1. The highest BCUT2D eigenvalue weighted by Crippen LogP contribution is 2.31. The molecule has 1 aliphatic heterocycles. The average Bonchev–Trinajstić information content (AvgIpc) is 3.04. The van der Waals surface area contributed by atoms with Gasteiger partial charge in [-0.1, -0.05) is 56.7 Å². The number of carbonyl (C=O) groups is 3. The third-order valence-electron chi connectivity index (χ3n) is 6.81. The van der Waals surface area contributed by atoms with Crippen molar-refractivity contribution >= 4 is 23.6 Å². The molecule has 32 heavy (non-hydrogen) atoms. The molecule has 1 aromatic rings. The molecule has 1 saturated heterocycles. The van der Waals surface area contributed by atoms with E-state index < -0.39 is 18.1 Å². The maximum atomic E-state index is 13.2. The fourth-order valence-electron chi connectivity index (χ4n) is 4.98. The number of unbranched alkanes of at least 4 members (excludes halogenated alkanes) is 3. The Morgan fingerprint density at radius 2 is 1.69 bits per heavy atom. The van der Waals surface area contributed by atoms with Crippen molar-refractivity contribution in [2.75, 3.05) is 11.4 Å². The summed E-state index contributed by atoms with van der Waals surface area (Å²) in [5.74, 6) is -0.711. The summed E-state index contributed by atoms with van der Waals surface area (Å²) < 4.78 is 0. The summed E-state index contributed by atoms with van der Waals surface area (Å²) in [6, 6.07) is 8.15. The van der Waals surface area contributed by atoms with Crippen LogP contribution in [0, 0.1) is 5.92 Å². The second-order valence-electron chi connectivity index (χ2n) is 9.10. The van der Waals surface area contributed by atoms with Gasteiger partial charge in [0.2, 0.25) is 0 Å². The predicted octanol–water partition coefficient (Wildman–Crippen LogP) is 4.58. The quantitative estimate of drug-likeness (QED) is 0.363. The summed E-state index contributed by atoms with van der Waals surface area (Å²) in [5.41, 5.74) is 0.573. The van der Waals surface area contributed by atoms with Gasteiger partial charge >= 0.3 is 12.0 Å². The van der Waals surface area contributed by atoms with Crippen molar-refractivity contribution in [3.05, 3.63) is 30.3 Å². The fraction of sp³-hybridized carbons (Fsp3) is 0.640. The van der Waals surface area contributed by atoms with Gasteiger partial charge in [0.15, 0.2) is 0 Å². The van der Waals surface area contributed by atoms with Crippen LogP contribution < -0.4 is 4.90 Å². The number of anilines is 1. The van der Waals surface area contributed by atoms with Crippen molar-refractivity contribution in [2.24, 2.45) is 5.92 Å². The maximum absolute atomic E-state index is 13.2. The van der Waals surface area contributed by atoms with Crippen LogP contribution in [0.15, 0.2) is 30.3 Å². The van der Waals surface area contributed by atoms with E-state index in [9.17, 15) is 19.5 Å². The number of aliphatic hydroxyl groups excluding tert-OH is 1. The number of nitrogens with zero attached hydrogens (tertiary/aromatic N) is 2. The standard InChI is InChI=1S/C25H36N2O5/c28-22(19-11-5-3-6-12-19)17-18-26-21(15-9-1-2-10-16-23(29)30)24(31)27(25(26)32)20-13-7-4-8-14-20/h4,7-8,13-14,19,21-22,28H,1-3,5-6,9-12,15-18H2,(H,29,30)/t21-,22?/m0/s1. The summed E-state index contributed by atoms with van der Waals surface area (Å²) in [4.78, 5) is 40.0. The molecular weight excluding hydrogens is 408 g/mol. The minimum Gasteiger partial charge on any atom is -0.481 e. The molecule has 2 atom stereocenters. The van der Waals surface area contributed by atoms with Crippen molar-refractivity contribution < 1.29 is 24.6 Å². The number of amides is 3. The molecule has 1 saturated carbocycles. The molecule has 176 valence electrons. The summed E-state index contributed by atoms with van der Waals surface area (Å²) in [6.07, 6.45) is 9.35. The molecule has 0 radical (unpaired) electrons. The van der Waals surface area contributed by atoms with E-state index in [1.54, 1.807) is 17.0 Å². The Balaban J connectivity index is 1.62. The SMILES string of the molecule is O=C(O)CCCCCC[C@H]1C(=O)N(c2ccccc2)C(=O)N1CCC(O)C1CCCCC1. The third kappa shape index (κ3) is 6.31. The Kier molecular flexibility index (Phi) is 9.09. The van der Waals surface area contributed by atoms with Crippen LogP contribution >= 0.6 is 0 Å². The van der Waals surface area contributed by atoms with E-state index in [0.29, 0.717) is 31.5 Å². The van der Waals surface area contributed by atoms with E-state index >= 15 is 0 Å². The van der Waals surface area contributed by atoms with Gasteiger partial charge in [-0.15, -0.1) is 0 Å². The molecule has 1 unspecified atom stereocenters. The molecule has 3 rings (SSSR count). The largest absolute Gasteiger partial charge is 0.481 e. The molecule has 1 aromatic carbocycles. The van der Waals surface area contributed by atoms with E-state index in [4.69, 9.17) is 5.11 Å². The van der Waals surface area contributed by atoms with Gasteiger partial charge in [-0.3, -0.25) is 9.59 Å². The van der Waals surface area contributed by atoms with Gasteiger partial charge in [-0.25, -0.2) is 9.69 Å². The molecule has 3 amide bonds. The molecule has 2 aliphatic rings. The summed E-state index contributed by atoms with van der Waals surface area (Å²) in [7, 11) is 0. The maximum Gasteiger partial charge on any atom is 0.332 e. The molecule has 0 bridgehead atoms. The average molecular weight is 445 g/mol. The number of aliphatic hydroxyl groups is 1. The molecule has 0 aromatic heterocycles. The Bertz CT molecular complexity index is 763. The molecule has 0 spiro atoms. The number of aliphatic carboxylic acids is 1. The zero-order valence-electron chi connectivity index (χ0n) is 18.8. The highest BCUT2D eigenvalue weighted by molar-refractivity contribution is 6.21. The van der Waals surface area contributed by atoms with E-state index in [-0.39, 0.29) is 24.3 Å². The van der Waals surface area contributed by atoms with Crippen LogP contribution in [-0.4, -0.2) is 51.7 Å². The molecule has 7 nitrogen and oxygen atoms in total. The first-order valence-electron chi connectivity index (χ1n) is 12.1. The van der Waals surface area contributed by atoms with Gasteiger partial charge in [-0.2, -0.15) is 0 Å². The topological polar surface area (TPSA) is 98.2 Å². The van der Waals surface area contributed by atoms with E-state index in [0.717, 1.165) is 44.9 Å². The van der Waals surface area contributed by atoms with Gasteiger partial charge in [0.25, 0.3) is 5.91 Å². The highest BCUT2D eigenvalue weighted by Gasteiger charge is 2.45. The number of urea groups is 1. The summed E-state index contributed by atoms with van der Waals surface area (Å²) in [5, 5.41) is 19.5. The Morgan fingerprint density at radius 3 is 2.38 bits per heavy atom. The molecule has 2 N–H and O–H groups in total. The Hall–Kier alpha value is -2.41. The van der Waals surface area contributed by atoms with Crippen LogP contribution in [0.2, 0.25) is 0 Å². The van der Waals surface area contributed by atoms with E-state index in [1.165, 1.54) is 11.3 Å². The first kappa shape index (κ1) is 24.2. The normalized spacial score (nSPS) is 20.7. The lowest BCUT2D eigenvalue weighted by atomic mass is 9.84. The van der Waals surface area contributed by atoms with Crippen molar-refractivity contribution in [3.8, 4) is 0 Å².